The predicted octanol–water partition coefficient (Wildman–Crippen LogP) is 1.75. The van der Waals surface area contributed by atoms with Crippen molar-refractivity contribution in [1.82, 2.24) is 4.90 Å². The first kappa shape index (κ1) is 12.7. The van der Waals surface area contributed by atoms with E-state index in [1.54, 1.807) is 0 Å². The molecule has 0 saturated carbocycles. The molecule has 59 valence electrons. The highest BCUT2D eigenvalue weighted by atomic mass is 15.2. The van der Waals surface area contributed by atoms with Crippen molar-refractivity contribution in [3.05, 3.63) is 0 Å². The lowest BCUT2D eigenvalue weighted by Gasteiger charge is -2.33. The monoisotopic (exact) mass is 140 g/mol. The Morgan fingerprint density at radius 1 is 1.00 bits per heavy atom. The molecule has 0 aromatic heterocycles. The third-order valence-corrected chi connectivity index (χ3v) is 1.71. The maximum absolute atomic E-state index is 2.44. The molecule has 1 nitrogen and oxygen atoms in total. The van der Waals surface area contributed by atoms with Crippen molar-refractivity contribution in [3.8, 4) is 0 Å². The normalized spacial score (nSPS) is 11.4. The number of rotatable bonds is 2. The summed E-state index contributed by atoms with van der Waals surface area (Å²) in [5.74, 6) is 0. The fourth-order valence-electron chi connectivity index (χ4n) is 1.17. The Hall–Kier alpha value is 0.0249. The van der Waals surface area contributed by atoms with Gasteiger partial charge >= 0.3 is 0 Å². The SMILES string of the molecule is CCN(CC)C(C)(C)C.[B]. The Morgan fingerprint density at radius 2 is 1.30 bits per heavy atom. The molecule has 0 atom stereocenters. The van der Waals surface area contributed by atoms with Crippen molar-refractivity contribution >= 4 is 8.41 Å². The van der Waals surface area contributed by atoms with Gasteiger partial charge in [0.25, 0.3) is 0 Å². The standard InChI is InChI=1S/C8H19N.B/c1-6-9(7-2)8(3,4)5;/h6-7H2,1-5H3;. The summed E-state index contributed by atoms with van der Waals surface area (Å²) in [4.78, 5) is 2.44. The van der Waals surface area contributed by atoms with Crippen molar-refractivity contribution in [3.63, 3.8) is 0 Å². The molecule has 0 aliphatic rings. The fraction of sp³-hybridized carbons (Fsp3) is 1.00. The lowest BCUT2D eigenvalue weighted by atomic mass is 10.1. The molecule has 0 N–H and O–H groups in total. The fourth-order valence-corrected chi connectivity index (χ4v) is 1.17. The van der Waals surface area contributed by atoms with E-state index in [2.05, 4.69) is 39.5 Å². The van der Waals surface area contributed by atoms with Crippen LogP contribution in [0.1, 0.15) is 34.6 Å². The van der Waals surface area contributed by atoms with Gasteiger partial charge in [-0.25, -0.2) is 0 Å². The van der Waals surface area contributed by atoms with Gasteiger partial charge in [0.15, 0.2) is 0 Å². The van der Waals surface area contributed by atoms with E-state index in [0.29, 0.717) is 5.54 Å². The molecule has 0 heterocycles. The summed E-state index contributed by atoms with van der Waals surface area (Å²) in [6, 6.07) is 0. The van der Waals surface area contributed by atoms with Crippen molar-refractivity contribution in [1.29, 1.82) is 0 Å². The van der Waals surface area contributed by atoms with Crippen LogP contribution in [0.3, 0.4) is 0 Å². The molecule has 0 saturated heterocycles. The molecule has 3 radical (unpaired) electrons. The first-order valence-corrected chi connectivity index (χ1v) is 3.77. The van der Waals surface area contributed by atoms with Crippen LogP contribution >= 0.6 is 0 Å². The smallest absolute Gasteiger partial charge is 0.0124 e. The number of hydrogen-bond acceptors (Lipinski definition) is 1. The van der Waals surface area contributed by atoms with Gasteiger partial charge in [-0.1, -0.05) is 13.8 Å². The van der Waals surface area contributed by atoms with E-state index in [1.165, 1.54) is 0 Å². The minimum absolute atomic E-state index is 0. The molecular weight excluding hydrogens is 121 g/mol. The Morgan fingerprint density at radius 3 is 1.30 bits per heavy atom. The second-order valence-corrected chi connectivity index (χ2v) is 3.34. The first-order chi connectivity index (χ1) is 4.02. The van der Waals surface area contributed by atoms with Crippen LogP contribution < -0.4 is 0 Å². The van der Waals surface area contributed by atoms with Crippen LogP contribution in [0.4, 0.5) is 0 Å². The van der Waals surface area contributed by atoms with Crippen molar-refractivity contribution in [2.24, 2.45) is 0 Å². The molecule has 0 aliphatic heterocycles. The first-order valence-electron chi connectivity index (χ1n) is 3.77. The zero-order chi connectivity index (χ0) is 7.49. The van der Waals surface area contributed by atoms with Gasteiger partial charge in [-0.15, -0.1) is 0 Å². The zero-order valence-corrected chi connectivity index (χ0v) is 7.94. The lowest BCUT2D eigenvalue weighted by molar-refractivity contribution is 0.153. The van der Waals surface area contributed by atoms with Crippen molar-refractivity contribution < 1.29 is 0 Å². The van der Waals surface area contributed by atoms with Crippen LogP contribution in [0.25, 0.3) is 0 Å². The van der Waals surface area contributed by atoms with Crippen LogP contribution in [0, 0.1) is 0 Å². The summed E-state index contributed by atoms with van der Waals surface area (Å²) in [5.41, 5.74) is 0.351. The maximum atomic E-state index is 2.44. The minimum Gasteiger partial charge on any atom is -0.299 e. The minimum atomic E-state index is 0. The summed E-state index contributed by atoms with van der Waals surface area (Å²) in [6.07, 6.45) is 0. The zero-order valence-electron chi connectivity index (χ0n) is 7.94. The van der Waals surface area contributed by atoms with Crippen LogP contribution in [-0.4, -0.2) is 31.9 Å². The van der Waals surface area contributed by atoms with E-state index >= 15 is 0 Å². The summed E-state index contributed by atoms with van der Waals surface area (Å²) in [6.45, 7) is 13.5. The van der Waals surface area contributed by atoms with Gasteiger partial charge in [0.1, 0.15) is 0 Å². The van der Waals surface area contributed by atoms with Gasteiger partial charge < -0.3 is 0 Å². The van der Waals surface area contributed by atoms with Gasteiger partial charge in [-0.05, 0) is 33.9 Å². The van der Waals surface area contributed by atoms with E-state index in [9.17, 15) is 0 Å². The van der Waals surface area contributed by atoms with Gasteiger partial charge in [-0.2, -0.15) is 0 Å². The molecule has 0 rings (SSSR count). The van der Waals surface area contributed by atoms with E-state index in [4.69, 9.17) is 0 Å². The largest absolute Gasteiger partial charge is 0.299 e. The van der Waals surface area contributed by atoms with E-state index in [-0.39, 0.29) is 8.41 Å². The second-order valence-electron chi connectivity index (χ2n) is 3.34. The molecule has 2 heteroatoms. The molecule has 0 spiro atoms. The summed E-state index contributed by atoms with van der Waals surface area (Å²) in [5, 5.41) is 0. The lowest BCUT2D eigenvalue weighted by Crippen LogP contribution is -2.40. The third-order valence-electron chi connectivity index (χ3n) is 1.71. The summed E-state index contributed by atoms with van der Waals surface area (Å²) < 4.78 is 0. The van der Waals surface area contributed by atoms with E-state index < -0.39 is 0 Å². The molecule has 0 aromatic rings. The highest BCUT2D eigenvalue weighted by Crippen LogP contribution is 2.10. The molecule has 0 amide bonds. The van der Waals surface area contributed by atoms with Crippen LogP contribution in [0.5, 0.6) is 0 Å². The Labute approximate surface area is 67.4 Å². The Balaban J connectivity index is 0. The molecule has 0 aliphatic carbocycles. The topological polar surface area (TPSA) is 3.24 Å². The van der Waals surface area contributed by atoms with Crippen LogP contribution in [0.2, 0.25) is 0 Å². The van der Waals surface area contributed by atoms with Gasteiger partial charge in [0.05, 0.1) is 0 Å². The van der Waals surface area contributed by atoms with Gasteiger partial charge in [0.2, 0.25) is 0 Å². The molecule has 0 aromatic carbocycles. The van der Waals surface area contributed by atoms with Crippen LogP contribution in [0.15, 0.2) is 0 Å². The quantitative estimate of drug-likeness (QED) is 0.528. The van der Waals surface area contributed by atoms with E-state index in [1.807, 2.05) is 0 Å². The second kappa shape index (κ2) is 4.78. The van der Waals surface area contributed by atoms with Crippen molar-refractivity contribution in [2.45, 2.75) is 40.2 Å². The highest BCUT2D eigenvalue weighted by Gasteiger charge is 2.16. The van der Waals surface area contributed by atoms with Crippen LogP contribution in [-0.2, 0) is 0 Å². The predicted molar refractivity (Wildman–Crippen MR) is 48.4 cm³/mol. The molecule has 0 bridgehead atoms. The molecule has 10 heavy (non-hydrogen) atoms. The Bertz CT molecular complexity index is 71.8. The molecular formula is C8H19BN. The van der Waals surface area contributed by atoms with Crippen molar-refractivity contribution in [2.75, 3.05) is 13.1 Å². The highest BCUT2D eigenvalue weighted by molar-refractivity contribution is 5.75. The third kappa shape index (κ3) is 3.94. The average molecular weight is 140 g/mol. The van der Waals surface area contributed by atoms with Gasteiger partial charge in [-0.3, -0.25) is 4.90 Å². The molecule has 0 unspecified atom stereocenters. The number of nitrogens with zero attached hydrogens (tertiary/aromatic N) is 1. The van der Waals surface area contributed by atoms with Gasteiger partial charge in [0, 0.05) is 14.0 Å². The maximum Gasteiger partial charge on any atom is 0.0124 e. The number of hydrogen-bond donors (Lipinski definition) is 0. The van der Waals surface area contributed by atoms with E-state index in [0.717, 1.165) is 13.1 Å². The summed E-state index contributed by atoms with van der Waals surface area (Å²) in [7, 11) is 0. The summed E-state index contributed by atoms with van der Waals surface area (Å²) >= 11 is 0. The Kier molecular flexibility index (Phi) is 6.06. The average Bonchev–Trinajstić information content (AvgIpc) is 1.65. The molecule has 0 fully saturated rings.